The fraction of sp³-hybridized carbons (Fsp3) is 0.887. The summed E-state index contributed by atoms with van der Waals surface area (Å²) < 4.78 is 34.6. The quantitative estimate of drug-likeness (QED) is 0.0211. The molecule has 1 N–H and O–H groups in total. The van der Waals surface area contributed by atoms with Crippen LogP contribution < -0.4 is 0 Å². The van der Waals surface area contributed by atoms with Gasteiger partial charge in [-0.25, -0.2) is 4.57 Å². The molecule has 0 radical (unpaired) electrons. The van der Waals surface area contributed by atoms with E-state index >= 15 is 0 Å². The molecule has 2 atom stereocenters. The number of quaternary nitrogens is 1. The smallest absolute Gasteiger partial charge is 0.462 e. The largest absolute Gasteiger partial charge is 0.472 e. The molecule has 0 saturated carbocycles. The number of carbonyl (C=O) groups excluding carboxylic acids is 2. The second-order valence-corrected chi connectivity index (χ2v) is 26.7. The molecule has 0 saturated heterocycles. The lowest BCUT2D eigenvalue weighted by atomic mass is 10.0. The number of phosphoric acid groups is 1. The summed E-state index contributed by atoms with van der Waals surface area (Å²) in [5, 5.41) is 0. The molecule has 0 aliphatic rings. The topological polar surface area (TPSA) is 108 Å². The molecule has 0 heterocycles. The predicted molar refractivity (Wildman–Crippen MR) is 349 cm³/mol. The second kappa shape index (κ2) is 62.8. The molecular formula is C71H137NO8P+. The highest BCUT2D eigenvalue weighted by atomic mass is 31.2. The van der Waals surface area contributed by atoms with Gasteiger partial charge >= 0.3 is 19.8 Å². The first kappa shape index (κ1) is 79.2. The maximum Gasteiger partial charge on any atom is 0.472 e. The Morgan fingerprint density at radius 1 is 0.383 bits per heavy atom. The molecule has 0 aliphatic carbocycles. The maximum atomic E-state index is 12.8. The SMILES string of the molecule is CCCCCC/C=C\C/C=C\CCCCCCCC(=O)OC(COC(=O)CCCCCCCCCCCCCCCCCCCCCCCCCCCCCCC/C=C\CCCCCCCCCC)COP(=O)(O)OCC[N+](C)(C)C. The molecule has 0 fully saturated rings. The van der Waals surface area contributed by atoms with Gasteiger partial charge in [0.2, 0.25) is 0 Å². The first-order chi connectivity index (χ1) is 39.5. The molecule has 0 spiro atoms. The fourth-order valence-corrected chi connectivity index (χ4v) is 11.2. The summed E-state index contributed by atoms with van der Waals surface area (Å²) in [7, 11) is 1.48. The number of hydrogen-bond donors (Lipinski definition) is 1. The molecule has 0 aromatic heterocycles. The number of esters is 2. The van der Waals surface area contributed by atoms with Gasteiger partial charge in [-0.1, -0.05) is 307 Å². The van der Waals surface area contributed by atoms with Gasteiger partial charge < -0.3 is 18.9 Å². The number of rotatable bonds is 66. The number of unbranched alkanes of at least 4 members (excludes halogenated alkanes) is 46. The van der Waals surface area contributed by atoms with Crippen LogP contribution >= 0.6 is 7.82 Å². The molecule has 0 amide bonds. The third kappa shape index (κ3) is 67.2. The van der Waals surface area contributed by atoms with Crippen LogP contribution in [0.25, 0.3) is 0 Å². The van der Waals surface area contributed by atoms with Gasteiger partial charge in [-0.2, -0.15) is 0 Å². The molecular weight excluding hydrogens is 1030 g/mol. The summed E-state index contributed by atoms with van der Waals surface area (Å²) in [6.45, 7) is 4.45. The van der Waals surface area contributed by atoms with Crippen LogP contribution in [-0.4, -0.2) is 74.9 Å². The Balaban J connectivity index is 3.83. The minimum absolute atomic E-state index is 0.0306. The Bertz CT molecular complexity index is 1460. The Kier molecular flexibility index (Phi) is 61.4. The molecule has 0 aromatic carbocycles. The van der Waals surface area contributed by atoms with E-state index < -0.39 is 26.5 Å². The van der Waals surface area contributed by atoms with E-state index in [4.69, 9.17) is 18.5 Å². The van der Waals surface area contributed by atoms with Gasteiger partial charge in [0.15, 0.2) is 6.10 Å². The number of phosphoric ester groups is 1. The number of hydrogen-bond acceptors (Lipinski definition) is 7. The minimum atomic E-state index is -4.39. The minimum Gasteiger partial charge on any atom is -0.462 e. The molecule has 0 aromatic rings. The van der Waals surface area contributed by atoms with Crippen molar-refractivity contribution in [2.45, 2.75) is 360 Å². The van der Waals surface area contributed by atoms with E-state index in [1.54, 1.807) is 0 Å². The van der Waals surface area contributed by atoms with Gasteiger partial charge in [0, 0.05) is 12.8 Å². The van der Waals surface area contributed by atoms with Crippen molar-refractivity contribution in [3.8, 4) is 0 Å². The third-order valence-corrected chi connectivity index (χ3v) is 16.9. The average molecular weight is 1160 g/mol. The van der Waals surface area contributed by atoms with Gasteiger partial charge in [-0.3, -0.25) is 18.6 Å². The summed E-state index contributed by atoms with van der Waals surface area (Å²) in [6.07, 6.45) is 80.0. The van der Waals surface area contributed by atoms with Crippen LogP contribution in [0.5, 0.6) is 0 Å². The van der Waals surface area contributed by atoms with E-state index in [0.717, 1.165) is 57.8 Å². The first-order valence-corrected chi connectivity index (χ1v) is 36.7. The maximum absolute atomic E-state index is 12.8. The third-order valence-electron chi connectivity index (χ3n) is 15.9. The van der Waals surface area contributed by atoms with Crippen LogP contribution in [0.2, 0.25) is 0 Å². The number of ether oxygens (including phenoxy) is 2. The number of likely N-dealkylation sites (N-methyl/N-ethyl adjacent to an activating group) is 1. The lowest BCUT2D eigenvalue weighted by Gasteiger charge is -2.24. The van der Waals surface area contributed by atoms with Gasteiger partial charge in [-0.15, -0.1) is 0 Å². The lowest BCUT2D eigenvalue weighted by Crippen LogP contribution is -2.37. The molecule has 9 nitrogen and oxygen atoms in total. The van der Waals surface area contributed by atoms with Crippen molar-refractivity contribution in [2.24, 2.45) is 0 Å². The lowest BCUT2D eigenvalue weighted by molar-refractivity contribution is -0.870. The van der Waals surface area contributed by atoms with Crippen molar-refractivity contribution in [2.75, 3.05) is 47.5 Å². The Morgan fingerprint density at radius 3 is 1.00 bits per heavy atom. The Morgan fingerprint density at radius 2 is 0.667 bits per heavy atom. The molecule has 478 valence electrons. The molecule has 0 bridgehead atoms. The zero-order valence-corrected chi connectivity index (χ0v) is 55.4. The molecule has 2 unspecified atom stereocenters. The summed E-state index contributed by atoms with van der Waals surface area (Å²) in [5.41, 5.74) is 0. The van der Waals surface area contributed by atoms with Crippen molar-refractivity contribution < 1.29 is 42.1 Å². The first-order valence-electron chi connectivity index (χ1n) is 35.2. The van der Waals surface area contributed by atoms with Crippen LogP contribution in [0, 0.1) is 0 Å². The highest BCUT2D eigenvalue weighted by molar-refractivity contribution is 7.47. The number of carbonyl (C=O) groups is 2. The number of nitrogens with zero attached hydrogens (tertiary/aromatic N) is 1. The molecule has 0 aliphatic heterocycles. The van der Waals surface area contributed by atoms with E-state index in [-0.39, 0.29) is 25.6 Å². The zero-order chi connectivity index (χ0) is 59.1. The second-order valence-electron chi connectivity index (χ2n) is 25.3. The van der Waals surface area contributed by atoms with Crippen molar-refractivity contribution >= 4 is 19.8 Å². The molecule has 0 rings (SSSR count). The van der Waals surface area contributed by atoms with Crippen LogP contribution in [0.15, 0.2) is 36.5 Å². The van der Waals surface area contributed by atoms with E-state index in [2.05, 4.69) is 50.3 Å². The van der Waals surface area contributed by atoms with Crippen LogP contribution in [0.4, 0.5) is 0 Å². The summed E-state index contributed by atoms with van der Waals surface area (Å²) in [5.74, 6) is -0.798. The van der Waals surface area contributed by atoms with Crippen molar-refractivity contribution in [3.05, 3.63) is 36.5 Å². The normalized spacial score (nSPS) is 13.3. The van der Waals surface area contributed by atoms with Crippen molar-refractivity contribution in [3.63, 3.8) is 0 Å². The number of allylic oxidation sites excluding steroid dienone is 6. The summed E-state index contributed by atoms with van der Waals surface area (Å²) >= 11 is 0. The van der Waals surface area contributed by atoms with E-state index in [1.807, 2.05) is 21.1 Å². The van der Waals surface area contributed by atoms with E-state index in [1.165, 1.54) is 263 Å². The van der Waals surface area contributed by atoms with Crippen molar-refractivity contribution in [1.82, 2.24) is 0 Å². The highest BCUT2D eigenvalue weighted by Crippen LogP contribution is 2.43. The molecule has 10 heteroatoms. The Hall–Kier alpha value is -1.77. The van der Waals surface area contributed by atoms with Crippen LogP contribution in [0.3, 0.4) is 0 Å². The van der Waals surface area contributed by atoms with Crippen LogP contribution in [-0.2, 0) is 32.7 Å². The Labute approximate surface area is 503 Å². The van der Waals surface area contributed by atoms with Gasteiger partial charge in [0.1, 0.15) is 19.8 Å². The van der Waals surface area contributed by atoms with Crippen molar-refractivity contribution in [1.29, 1.82) is 0 Å². The highest BCUT2D eigenvalue weighted by Gasteiger charge is 2.27. The fourth-order valence-electron chi connectivity index (χ4n) is 10.5. The van der Waals surface area contributed by atoms with E-state index in [0.29, 0.717) is 23.9 Å². The summed E-state index contributed by atoms with van der Waals surface area (Å²) in [4.78, 5) is 35.7. The predicted octanol–water partition coefficient (Wildman–Crippen LogP) is 22.7. The monoisotopic (exact) mass is 1160 g/mol. The zero-order valence-electron chi connectivity index (χ0n) is 54.5. The standard InChI is InChI=1S/C71H136NO8P/c1-6-8-10-12-14-16-18-20-22-24-25-26-27-28-29-30-31-32-33-34-35-36-37-38-39-40-41-42-43-44-45-46-47-48-50-51-53-55-57-59-61-63-70(73)77-67-69(68-79-81(75,76)78-66-65-72(3,4)5)80-71(74)64-62-60-58-56-54-52-49-23-21-19-17-15-13-11-9-7-2/h17,19,23-25,49,69H,6-16,18,20-22,26-48,50-68H2,1-5H3/p+1/b19-17-,25-24-,49-23-. The average Bonchev–Trinajstić information content (AvgIpc) is 3.43. The van der Waals surface area contributed by atoms with Gasteiger partial charge in [0.25, 0.3) is 0 Å². The van der Waals surface area contributed by atoms with Gasteiger partial charge in [-0.05, 0) is 70.6 Å². The van der Waals surface area contributed by atoms with Gasteiger partial charge in [0.05, 0.1) is 27.7 Å². The van der Waals surface area contributed by atoms with Crippen LogP contribution in [0.1, 0.15) is 354 Å². The van der Waals surface area contributed by atoms with E-state index in [9.17, 15) is 19.0 Å². The summed E-state index contributed by atoms with van der Waals surface area (Å²) in [6, 6.07) is 0. The molecule has 81 heavy (non-hydrogen) atoms.